The Kier molecular flexibility index (Phi) is 5.54. The third-order valence-electron chi connectivity index (χ3n) is 4.62. The maximum absolute atomic E-state index is 14.5. The molecule has 2 aromatic rings. The molecule has 0 aliphatic carbocycles. The Labute approximate surface area is 147 Å². The van der Waals surface area contributed by atoms with Crippen LogP contribution >= 0.6 is 11.3 Å². The number of hydrogen-bond donors (Lipinski definition) is 2. The summed E-state index contributed by atoms with van der Waals surface area (Å²) in [4.78, 5) is 4.63. The van der Waals surface area contributed by atoms with E-state index in [2.05, 4.69) is 31.3 Å². The molecule has 1 aromatic carbocycles. The van der Waals surface area contributed by atoms with Crippen LogP contribution in [0.3, 0.4) is 0 Å². The zero-order chi connectivity index (χ0) is 17.1. The van der Waals surface area contributed by atoms with Crippen LogP contribution in [0.25, 0.3) is 0 Å². The number of aliphatic hydroxyl groups is 1. The van der Waals surface area contributed by atoms with Crippen molar-refractivity contribution in [1.82, 2.24) is 5.32 Å². The quantitative estimate of drug-likeness (QED) is 0.857. The molecule has 3 nitrogen and oxygen atoms in total. The molecule has 1 saturated heterocycles. The lowest BCUT2D eigenvalue weighted by Gasteiger charge is -2.31. The third-order valence-corrected chi connectivity index (χ3v) is 5.80. The lowest BCUT2D eigenvalue weighted by molar-refractivity contribution is 0.145. The molecular formula is C19H25FN2OS. The summed E-state index contributed by atoms with van der Waals surface area (Å²) in [6.45, 7) is 6.31. The van der Waals surface area contributed by atoms with Gasteiger partial charge < -0.3 is 15.3 Å². The van der Waals surface area contributed by atoms with Crippen molar-refractivity contribution in [3.8, 4) is 0 Å². The molecule has 1 aliphatic rings. The molecule has 1 unspecified atom stereocenters. The number of piperidine rings is 1. The molecule has 1 atom stereocenters. The van der Waals surface area contributed by atoms with Crippen LogP contribution in [0.1, 0.15) is 41.1 Å². The topological polar surface area (TPSA) is 35.5 Å². The highest BCUT2D eigenvalue weighted by molar-refractivity contribution is 7.12. The fourth-order valence-corrected chi connectivity index (χ4v) is 3.99. The number of aliphatic hydroxyl groups excluding tert-OH is 1. The van der Waals surface area contributed by atoms with Gasteiger partial charge in [-0.05, 0) is 56.5 Å². The summed E-state index contributed by atoms with van der Waals surface area (Å²) in [5, 5.41) is 13.0. The maximum atomic E-state index is 14.5. The molecule has 1 aromatic heterocycles. The van der Waals surface area contributed by atoms with Gasteiger partial charge in [-0.15, -0.1) is 11.3 Å². The molecule has 3 rings (SSSR count). The zero-order valence-corrected chi connectivity index (χ0v) is 15.1. The minimum atomic E-state index is -0.241. The van der Waals surface area contributed by atoms with Crippen LogP contribution in [0.2, 0.25) is 0 Å². The third kappa shape index (κ3) is 4.15. The second kappa shape index (κ2) is 7.64. The van der Waals surface area contributed by atoms with Crippen LogP contribution in [-0.4, -0.2) is 24.3 Å². The molecule has 0 spiro atoms. The van der Waals surface area contributed by atoms with E-state index in [9.17, 15) is 9.50 Å². The van der Waals surface area contributed by atoms with E-state index >= 15 is 0 Å². The van der Waals surface area contributed by atoms with E-state index in [-0.39, 0.29) is 18.0 Å². The Morgan fingerprint density at radius 1 is 1.29 bits per heavy atom. The number of anilines is 1. The maximum Gasteiger partial charge on any atom is 0.146 e. The highest BCUT2D eigenvalue weighted by atomic mass is 32.1. The Morgan fingerprint density at radius 2 is 2.04 bits per heavy atom. The Balaban J connectivity index is 1.60. The SMILES string of the molecule is Cc1ccc(C(C)NCc2ccc(N3CCC(O)CC3)c(F)c2)s1. The largest absolute Gasteiger partial charge is 0.393 e. The molecule has 24 heavy (non-hydrogen) atoms. The van der Waals surface area contributed by atoms with Crippen molar-refractivity contribution in [2.45, 2.75) is 45.4 Å². The fraction of sp³-hybridized carbons (Fsp3) is 0.474. The standard InChI is InChI=1S/C19H25FN2OS/c1-13-3-6-19(24-13)14(2)21-12-15-4-5-18(17(20)11-15)22-9-7-16(23)8-10-22/h3-6,11,14,16,21,23H,7-10,12H2,1-2H3. The normalized spacial score (nSPS) is 17.2. The molecule has 5 heteroatoms. The molecule has 2 N–H and O–H groups in total. The van der Waals surface area contributed by atoms with Crippen LogP contribution in [0, 0.1) is 12.7 Å². The van der Waals surface area contributed by atoms with Crippen molar-refractivity contribution >= 4 is 17.0 Å². The number of aryl methyl sites for hydroxylation is 1. The summed E-state index contributed by atoms with van der Waals surface area (Å²) < 4.78 is 14.5. The summed E-state index contributed by atoms with van der Waals surface area (Å²) >= 11 is 1.79. The highest BCUT2D eigenvalue weighted by Gasteiger charge is 2.19. The van der Waals surface area contributed by atoms with E-state index in [0.29, 0.717) is 38.2 Å². The molecule has 1 aliphatic heterocycles. The molecule has 0 bridgehead atoms. The number of halogens is 1. The van der Waals surface area contributed by atoms with Crippen molar-refractivity contribution in [2.75, 3.05) is 18.0 Å². The van der Waals surface area contributed by atoms with Gasteiger partial charge in [-0.2, -0.15) is 0 Å². The van der Waals surface area contributed by atoms with Crippen molar-refractivity contribution in [3.63, 3.8) is 0 Å². The Morgan fingerprint density at radius 3 is 2.67 bits per heavy atom. The van der Waals surface area contributed by atoms with E-state index in [0.717, 1.165) is 5.56 Å². The summed E-state index contributed by atoms with van der Waals surface area (Å²) in [6, 6.07) is 10.0. The average molecular weight is 348 g/mol. The molecule has 0 saturated carbocycles. The molecule has 2 heterocycles. The van der Waals surface area contributed by atoms with Gasteiger partial charge in [-0.25, -0.2) is 4.39 Å². The minimum Gasteiger partial charge on any atom is -0.393 e. The van der Waals surface area contributed by atoms with Gasteiger partial charge in [0.15, 0.2) is 0 Å². The van der Waals surface area contributed by atoms with Crippen LogP contribution in [0.4, 0.5) is 10.1 Å². The number of nitrogens with one attached hydrogen (secondary N) is 1. The first-order chi connectivity index (χ1) is 11.5. The van der Waals surface area contributed by atoms with Gasteiger partial charge >= 0.3 is 0 Å². The van der Waals surface area contributed by atoms with E-state index in [1.165, 1.54) is 9.75 Å². The lowest BCUT2D eigenvalue weighted by Crippen LogP contribution is -2.36. The summed E-state index contributed by atoms with van der Waals surface area (Å²) in [5.74, 6) is -0.176. The van der Waals surface area contributed by atoms with Gasteiger partial charge in [0.05, 0.1) is 11.8 Å². The summed E-state index contributed by atoms with van der Waals surface area (Å²) in [5.41, 5.74) is 1.60. The van der Waals surface area contributed by atoms with E-state index < -0.39 is 0 Å². The Bertz CT molecular complexity index is 680. The smallest absolute Gasteiger partial charge is 0.146 e. The van der Waals surface area contributed by atoms with E-state index in [1.54, 1.807) is 17.4 Å². The predicted molar refractivity (Wildman–Crippen MR) is 98.2 cm³/mol. The molecular weight excluding hydrogens is 323 g/mol. The van der Waals surface area contributed by atoms with Crippen LogP contribution in [-0.2, 0) is 6.54 Å². The highest BCUT2D eigenvalue weighted by Crippen LogP contribution is 2.25. The lowest BCUT2D eigenvalue weighted by atomic mass is 10.1. The van der Waals surface area contributed by atoms with Gasteiger partial charge in [-0.3, -0.25) is 0 Å². The molecule has 130 valence electrons. The van der Waals surface area contributed by atoms with Gasteiger partial charge in [0, 0.05) is 35.4 Å². The predicted octanol–water partition coefficient (Wildman–Crippen LogP) is 4.01. The van der Waals surface area contributed by atoms with Gasteiger partial charge in [0.1, 0.15) is 5.82 Å². The monoisotopic (exact) mass is 348 g/mol. The van der Waals surface area contributed by atoms with Gasteiger partial charge in [0.25, 0.3) is 0 Å². The first-order valence-electron chi connectivity index (χ1n) is 8.54. The zero-order valence-electron chi connectivity index (χ0n) is 14.3. The first-order valence-corrected chi connectivity index (χ1v) is 9.36. The van der Waals surface area contributed by atoms with Gasteiger partial charge in [0.2, 0.25) is 0 Å². The molecule has 0 radical (unpaired) electrons. The second-order valence-corrected chi connectivity index (χ2v) is 7.87. The van der Waals surface area contributed by atoms with Crippen LogP contribution < -0.4 is 10.2 Å². The molecule has 0 amide bonds. The van der Waals surface area contributed by atoms with E-state index in [1.807, 2.05) is 17.0 Å². The minimum absolute atomic E-state index is 0.176. The van der Waals surface area contributed by atoms with Crippen molar-refractivity contribution in [2.24, 2.45) is 0 Å². The summed E-state index contributed by atoms with van der Waals surface area (Å²) in [6.07, 6.45) is 1.18. The van der Waals surface area contributed by atoms with Crippen molar-refractivity contribution < 1.29 is 9.50 Å². The first kappa shape index (κ1) is 17.4. The molecule has 1 fully saturated rings. The fourth-order valence-electron chi connectivity index (χ4n) is 3.08. The number of benzene rings is 1. The summed E-state index contributed by atoms with van der Waals surface area (Å²) in [7, 11) is 0. The van der Waals surface area contributed by atoms with Gasteiger partial charge in [-0.1, -0.05) is 6.07 Å². The van der Waals surface area contributed by atoms with Crippen molar-refractivity contribution in [3.05, 3.63) is 51.5 Å². The number of thiophene rings is 1. The van der Waals surface area contributed by atoms with E-state index in [4.69, 9.17) is 0 Å². The number of hydrogen-bond acceptors (Lipinski definition) is 4. The number of nitrogens with zero attached hydrogens (tertiary/aromatic N) is 1. The average Bonchev–Trinajstić information content (AvgIpc) is 3.00. The second-order valence-electron chi connectivity index (χ2n) is 6.55. The Hall–Kier alpha value is -1.43. The van der Waals surface area contributed by atoms with Crippen molar-refractivity contribution in [1.29, 1.82) is 0 Å². The van der Waals surface area contributed by atoms with Crippen LogP contribution in [0.15, 0.2) is 30.3 Å². The number of rotatable bonds is 5. The van der Waals surface area contributed by atoms with Crippen LogP contribution in [0.5, 0.6) is 0 Å².